The number of pyridine rings is 1. The number of aromatic nitrogens is 1. The summed E-state index contributed by atoms with van der Waals surface area (Å²) in [6, 6.07) is 8.60. The first-order valence-corrected chi connectivity index (χ1v) is 11.5. The maximum Gasteiger partial charge on any atom is 0.490 e. The highest BCUT2D eigenvalue weighted by atomic mass is 32.1. The summed E-state index contributed by atoms with van der Waals surface area (Å²) < 4.78 is 69.8. The van der Waals surface area contributed by atoms with Crippen LogP contribution in [0.1, 0.15) is 35.6 Å². The van der Waals surface area contributed by atoms with E-state index in [1.165, 1.54) is 10.4 Å². The zero-order valence-corrected chi connectivity index (χ0v) is 19.6. The summed E-state index contributed by atoms with van der Waals surface area (Å²) in [6.07, 6.45) is -2.84. The van der Waals surface area contributed by atoms with Crippen LogP contribution in [0.2, 0.25) is 0 Å². The van der Waals surface area contributed by atoms with Gasteiger partial charge in [0.2, 0.25) is 0 Å². The van der Waals surface area contributed by atoms with Crippen molar-refractivity contribution in [2.24, 2.45) is 0 Å². The third-order valence-electron chi connectivity index (χ3n) is 5.58. The second kappa shape index (κ2) is 12.5. The molecule has 7 nitrogen and oxygen atoms in total. The number of aliphatic carboxylic acids is 2. The van der Waals surface area contributed by atoms with Crippen LogP contribution in [0.15, 0.2) is 42.0 Å². The van der Waals surface area contributed by atoms with Crippen molar-refractivity contribution in [3.63, 3.8) is 0 Å². The topological polar surface area (TPSA) is 100.0 Å². The van der Waals surface area contributed by atoms with Crippen molar-refractivity contribution in [1.29, 1.82) is 0 Å². The van der Waals surface area contributed by atoms with Gasteiger partial charge < -0.3 is 14.9 Å². The van der Waals surface area contributed by atoms with Crippen molar-refractivity contribution in [2.45, 2.75) is 49.7 Å². The van der Waals surface area contributed by atoms with E-state index >= 15 is 0 Å². The van der Waals surface area contributed by atoms with Crippen molar-refractivity contribution < 1.29 is 50.9 Å². The first-order valence-electron chi connectivity index (χ1n) is 10.6. The van der Waals surface area contributed by atoms with Crippen LogP contribution in [-0.2, 0) is 20.9 Å². The molecule has 1 unspecified atom stereocenters. The molecule has 2 aromatic heterocycles. The lowest BCUT2D eigenvalue weighted by atomic mass is 9.83. The molecular formula is C22H24F6N2O5S. The SMILES string of the molecule is O=C(O)C(F)(F)F.O=C(O)C(F)(F)F.c1cncc(C2COC3(CCN(Cc4cccs4)CC3)C2)c1. The van der Waals surface area contributed by atoms with E-state index in [1.54, 1.807) is 0 Å². The Morgan fingerprint density at radius 2 is 1.64 bits per heavy atom. The molecule has 0 bridgehead atoms. The lowest BCUT2D eigenvalue weighted by Gasteiger charge is -2.38. The van der Waals surface area contributed by atoms with Crippen molar-refractivity contribution in [2.75, 3.05) is 19.7 Å². The first-order chi connectivity index (χ1) is 16.7. The van der Waals surface area contributed by atoms with Gasteiger partial charge in [-0.05, 0) is 42.3 Å². The van der Waals surface area contributed by atoms with Gasteiger partial charge >= 0.3 is 24.3 Å². The Morgan fingerprint density at radius 3 is 2.08 bits per heavy atom. The minimum atomic E-state index is -5.08. The molecule has 200 valence electrons. The first kappa shape index (κ1) is 29.5. The second-order valence-corrected chi connectivity index (χ2v) is 9.18. The molecule has 2 N–H and O–H groups in total. The largest absolute Gasteiger partial charge is 0.490 e. The summed E-state index contributed by atoms with van der Waals surface area (Å²) in [5.41, 5.74) is 1.45. The second-order valence-electron chi connectivity index (χ2n) is 8.14. The highest BCUT2D eigenvalue weighted by molar-refractivity contribution is 7.09. The zero-order chi connectivity index (χ0) is 27.0. The van der Waals surface area contributed by atoms with Crippen molar-refractivity contribution >= 4 is 23.3 Å². The van der Waals surface area contributed by atoms with Crippen LogP contribution < -0.4 is 0 Å². The minimum Gasteiger partial charge on any atom is -0.475 e. The van der Waals surface area contributed by atoms with Gasteiger partial charge in [-0.15, -0.1) is 11.3 Å². The number of carboxylic acids is 2. The molecule has 0 aromatic carbocycles. The highest BCUT2D eigenvalue weighted by Gasteiger charge is 2.43. The van der Waals surface area contributed by atoms with E-state index in [1.807, 2.05) is 29.8 Å². The number of hydrogen-bond acceptors (Lipinski definition) is 6. The Morgan fingerprint density at radius 1 is 1.06 bits per heavy atom. The lowest BCUT2D eigenvalue weighted by Crippen LogP contribution is -2.43. The predicted molar refractivity (Wildman–Crippen MR) is 116 cm³/mol. The van der Waals surface area contributed by atoms with Crippen molar-refractivity contribution in [3.8, 4) is 0 Å². The number of carbonyl (C=O) groups is 2. The van der Waals surface area contributed by atoms with Gasteiger partial charge in [0.1, 0.15) is 0 Å². The van der Waals surface area contributed by atoms with Gasteiger partial charge in [0.25, 0.3) is 0 Å². The molecule has 0 amide bonds. The van der Waals surface area contributed by atoms with Gasteiger partial charge in [0, 0.05) is 42.8 Å². The van der Waals surface area contributed by atoms with Crippen LogP contribution in [0.5, 0.6) is 0 Å². The van der Waals surface area contributed by atoms with Gasteiger partial charge in [0.15, 0.2) is 0 Å². The van der Waals surface area contributed by atoms with Crippen LogP contribution in [0.25, 0.3) is 0 Å². The molecule has 1 spiro atoms. The predicted octanol–water partition coefficient (Wildman–Crippen LogP) is 4.95. The molecular weight excluding hydrogens is 518 g/mol. The Balaban J connectivity index is 0.000000271. The van der Waals surface area contributed by atoms with E-state index in [0.717, 1.165) is 45.5 Å². The molecule has 0 aliphatic carbocycles. The third kappa shape index (κ3) is 9.39. The van der Waals surface area contributed by atoms with Gasteiger partial charge in [0.05, 0.1) is 12.2 Å². The molecule has 2 saturated heterocycles. The molecule has 2 aromatic rings. The molecule has 4 heterocycles. The molecule has 2 aliphatic heterocycles. The number of nitrogens with zero attached hydrogens (tertiary/aromatic N) is 2. The minimum absolute atomic E-state index is 0.118. The highest BCUT2D eigenvalue weighted by Crippen LogP contribution is 2.42. The molecule has 36 heavy (non-hydrogen) atoms. The summed E-state index contributed by atoms with van der Waals surface area (Å²) in [6.45, 7) is 4.26. The van der Waals surface area contributed by atoms with Crippen LogP contribution in [0.4, 0.5) is 26.3 Å². The molecule has 0 saturated carbocycles. The van der Waals surface area contributed by atoms with Gasteiger partial charge in [-0.3, -0.25) is 9.88 Å². The number of likely N-dealkylation sites (tertiary alicyclic amines) is 1. The van der Waals surface area contributed by atoms with Crippen LogP contribution in [0.3, 0.4) is 0 Å². The third-order valence-corrected chi connectivity index (χ3v) is 6.44. The van der Waals surface area contributed by atoms with E-state index in [4.69, 9.17) is 24.5 Å². The fourth-order valence-corrected chi connectivity index (χ4v) is 4.51. The summed E-state index contributed by atoms with van der Waals surface area (Å²) in [5.74, 6) is -4.99. The van der Waals surface area contributed by atoms with Crippen LogP contribution >= 0.6 is 11.3 Å². The van der Waals surface area contributed by atoms with Crippen molar-refractivity contribution in [3.05, 3.63) is 52.5 Å². The summed E-state index contributed by atoms with van der Waals surface area (Å²) >= 11 is 1.86. The number of piperidine rings is 1. The maximum atomic E-state index is 10.6. The number of ether oxygens (including phenoxy) is 1. The fourth-order valence-electron chi connectivity index (χ4n) is 3.77. The average molecular weight is 542 g/mol. The summed E-state index contributed by atoms with van der Waals surface area (Å²) in [4.78, 5) is 26.1. The summed E-state index contributed by atoms with van der Waals surface area (Å²) in [7, 11) is 0. The number of hydrogen-bond donors (Lipinski definition) is 2. The number of thiophene rings is 1. The van der Waals surface area contributed by atoms with E-state index in [-0.39, 0.29) is 5.60 Å². The molecule has 2 aliphatic rings. The Kier molecular flexibility index (Phi) is 10.3. The van der Waals surface area contributed by atoms with Gasteiger partial charge in [-0.25, -0.2) is 9.59 Å². The van der Waals surface area contributed by atoms with E-state index < -0.39 is 24.3 Å². The maximum absolute atomic E-state index is 10.6. The van der Waals surface area contributed by atoms with E-state index in [0.29, 0.717) is 5.92 Å². The fraction of sp³-hybridized carbons (Fsp3) is 0.500. The molecule has 4 rings (SSSR count). The smallest absolute Gasteiger partial charge is 0.475 e. The van der Waals surface area contributed by atoms with E-state index in [9.17, 15) is 26.3 Å². The lowest BCUT2D eigenvalue weighted by molar-refractivity contribution is -0.193. The molecule has 1 atom stereocenters. The van der Waals surface area contributed by atoms with Crippen molar-refractivity contribution in [1.82, 2.24) is 9.88 Å². The van der Waals surface area contributed by atoms with E-state index in [2.05, 4.69) is 33.5 Å². The quantitative estimate of drug-likeness (QED) is 0.530. The Hall–Kier alpha value is -2.71. The van der Waals surface area contributed by atoms with Gasteiger partial charge in [-0.1, -0.05) is 12.1 Å². The number of halogens is 6. The zero-order valence-electron chi connectivity index (χ0n) is 18.8. The number of alkyl halides is 6. The number of carboxylic acid groups (broad SMARTS) is 2. The normalized spacial score (nSPS) is 19.6. The Labute approximate surface area is 206 Å². The van der Waals surface area contributed by atoms with Crippen LogP contribution in [0, 0.1) is 0 Å². The standard InChI is InChI=1S/C18H22N2OS.2C2HF3O2/c1-3-15(12-19-7-1)16-11-18(21-14-16)5-8-20(9-6-18)13-17-4-2-10-22-17;2*3-2(4,5)1(6)7/h1-4,7,10,12,16H,5-6,8-9,11,13-14H2;2*(H,6,7). The average Bonchev–Trinajstić information content (AvgIpc) is 3.46. The molecule has 0 radical (unpaired) electrons. The molecule has 2 fully saturated rings. The van der Waals surface area contributed by atoms with Gasteiger partial charge in [-0.2, -0.15) is 26.3 Å². The summed E-state index contributed by atoms with van der Waals surface area (Å²) in [5, 5.41) is 16.4. The number of rotatable bonds is 3. The monoisotopic (exact) mass is 542 g/mol. The molecule has 14 heteroatoms. The van der Waals surface area contributed by atoms with Crippen LogP contribution in [-0.4, -0.2) is 69.7 Å². The Bertz CT molecular complexity index is 938.